The number of nitrogens with one attached hydrogen (secondary N) is 1. The topological polar surface area (TPSA) is 41.5 Å². The zero-order valence-electron chi connectivity index (χ0n) is 8.49. The van der Waals surface area contributed by atoms with E-state index in [1.165, 1.54) is 5.56 Å². The fraction of sp³-hybridized carbons (Fsp3) is 0.455. The second-order valence-electron chi connectivity index (χ2n) is 3.00. The highest BCUT2D eigenvalue weighted by Gasteiger charge is 1.95. The van der Waals surface area contributed by atoms with Crippen molar-refractivity contribution in [1.29, 1.82) is 0 Å². The second-order valence-corrected chi connectivity index (χ2v) is 3.00. The van der Waals surface area contributed by atoms with Crippen molar-refractivity contribution >= 4 is 0 Å². The molecular weight excluding hydrogens is 178 g/mol. The maximum Gasteiger partial charge on any atom is 0.119 e. The molecule has 0 atom stereocenters. The van der Waals surface area contributed by atoms with Crippen LogP contribution in [0, 0.1) is 0 Å². The fourth-order valence-electron chi connectivity index (χ4n) is 1.18. The molecule has 0 aliphatic rings. The molecule has 0 bridgehead atoms. The lowest BCUT2D eigenvalue weighted by Gasteiger charge is -2.06. The molecule has 0 aliphatic heterocycles. The van der Waals surface area contributed by atoms with E-state index >= 15 is 0 Å². The summed E-state index contributed by atoms with van der Waals surface area (Å²) in [5, 5.41) is 11.8. The van der Waals surface area contributed by atoms with Gasteiger partial charge in [-0.2, -0.15) is 0 Å². The number of benzene rings is 1. The number of ether oxygens (including phenoxy) is 1. The van der Waals surface area contributed by atoms with Crippen molar-refractivity contribution in [1.82, 2.24) is 5.32 Å². The number of rotatable bonds is 6. The number of aliphatic hydroxyl groups is 1. The summed E-state index contributed by atoms with van der Waals surface area (Å²) in [4.78, 5) is 0. The molecule has 0 fully saturated rings. The van der Waals surface area contributed by atoms with Crippen molar-refractivity contribution in [3.63, 3.8) is 0 Å². The normalized spacial score (nSPS) is 10.1. The van der Waals surface area contributed by atoms with Crippen LogP contribution in [0.2, 0.25) is 0 Å². The van der Waals surface area contributed by atoms with Gasteiger partial charge in [0.05, 0.1) is 6.61 Å². The highest BCUT2D eigenvalue weighted by Crippen LogP contribution is 2.12. The van der Waals surface area contributed by atoms with Gasteiger partial charge in [0.15, 0.2) is 0 Å². The Morgan fingerprint density at radius 1 is 1.43 bits per heavy atom. The first-order valence-corrected chi connectivity index (χ1v) is 4.90. The minimum Gasteiger partial charge on any atom is -0.491 e. The van der Waals surface area contributed by atoms with Gasteiger partial charge in [0.25, 0.3) is 0 Å². The van der Waals surface area contributed by atoms with Crippen LogP contribution in [0.5, 0.6) is 5.75 Å². The van der Waals surface area contributed by atoms with Crippen LogP contribution in [0.15, 0.2) is 24.3 Å². The standard InChI is InChI=1S/C11H17NO2/c1-2-12-9-10-4-3-5-11(8-10)14-7-6-13/h3-5,8,12-13H,2,6-7,9H2,1H3. The van der Waals surface area contributed by atoms with E-state index < -0.39 is 0 Å². The molecule has 1 aromatic rings. The van der Waals surface area contributed by atoms with E-state index in [-0.39, 0.29) is 6.61 Å². The van der Waals surface area contributed by atoms with E-state index in [1.54, 1.807) is 0 Å². The Morgan fingerprint density at radius 3 is 3.00 bits per heavy atom. The number of hydrogen-bond acceptors (Lipinski definition) is 3. The molecule has 1 aromatic carbocycles. The first-order valence-electron chi connectivity index (χ1n) is 4.90. The Balaban J connectivity index is 2.50. The Bertz CT molecular complexity index is 240. The predicted octanol–water partition coefficient (Wildman–Crippen LogP) is 1.17. The van der Waals surface area contributed by atoms with Gasteiger partial charge in [-0.05, 0) is 24.2 Å². The van der Waals surface area contributed by atoms with Crippen molar-refractivity contribution in [3.8, 4) is 5.75 Å². The molecule has 0 radical (unpaired) electrons. The molecule has 14 heavy (non-hydrogen) atoms. The smallest absolute Gasteiger partial charge is 0.119 e. The van der Waals surface area contributed by atoms with Gasteiger partial charge in [-0.25, -0.2) is 0 Å². The first kappa shape index (κ1) is 11.0. The van der Waals surface area contributed by atoms with Gasteiger partial charge in [0, 0.05) is 6.54 Å². The third kappa shape index (κ3) is 3.77. The van der Waals surface area contributed by atoms with Crippen LogP contribution in [0.3, 0.4) is 0 Å². The number of hydrogen-bond donors (Lipinski definition) is 2. The molecule has 0 unspecified atom stereocenters. The Morgan fingerprint density at radius 2 is 2.29 bits per heavy atom. The summed E-state index contributed by atoms with van der Waals surface area (Å²) in [6, 6.07) is 7.89. The lowest BCUT2D eigenvalue weighted by atomic mass is 10.2. The molecule has 0 amide bonds. The number of aliphatic hydroxyl groups excluding tert-OH is 1. The van der Waals surface area contributed by atoms with E-state index in [1.807, 2.05) is 18.2 Å². The predicted molar refractivity (Wildman–Crippen MR) is 56.4 cm³/mol. The summed E-state index contributed by atoms with van der Waals surface area (Å²) in [5.41, 5.74) is 1.20. The van der Waals surface area contributed by atoms with E-state index in [2.05, 4.69) is 18.3 Å². The molecule has 0 aliphatic carbocycles. The fourth-order valence-corrected chi connectivity index (χ4v) is 1.18. The van der Waals surface area contributed by atoms with Crippen molar-refractivity contribution in [3.05, 3.63) is 29.8 Å². The summed E-state index contributed by atoms with van der Waals surface area (Å²) in [5.74, 6) is 0.814. The second kappa shape index (κ2) is 6.40. The van der Waals surface area contributed by atoms with E-state index in [4.69, 9.17) is 9.84 Å². The van der Waals surface area contributed by atoms with Crippen LogP contribution in [0.4, 0.5) is 0 Å². The van der Waals surface area contributed by atoms with Crippen LogP contribution in [-0.4, -0.2) is 24.9 Å². The molecule has 0 spiro atoms. The summed E-state index contributed by atoms with van der Waals surface area (Å²) in [6.07, 6.45) is 0. The van der Waals surface area contributed by atoms with Gasteiger partial charge in [0.2, 0.25) is 0 Å². The summed E-state index contributed by atoms with van der Waals surface area (Å²) in [6.45, 7) is 4.29. The third-order valence-electron chi connectivity index (χ3n) is 1.84. The zero-order valence-corrected chi connectivity index (χ0v) is 8.49. The van der Waals surface area contributed by atoms with Crippen molar-refractivity contribution in [2.45, 2.75) is 13.5 Å². The highest BCUT2D eigenvalue weighted by atomic mass is 16.5. The average molecular weight is 195 g/mol. The molecule has 3 heteroatoms. The summed E-state index contributed by atoms with van der Waals surface area (Å²) in [7, 11) is 0. The van der Waals surface area contributed by atoms with Gasteiger partial charge < -0.3 is 15.2 Å². The SMILES string of the molecule is CCNCc1cccc(OCCO)c1. The minimum atomic E-state index is 0.0530. The van der Waals surface area contributed by atoms with E-state index in [0.717, 1.165) is 18.8 Å². The highest BCUT2D eigenvalue weighted by molar-refractivity contribution is 5.28. The largest absolute Gasteiger partial charge is 0.491 e. The van der Waals surface area contributed by atoms with Gasteiger partial charge in [-0.3, -0.25) is 0 Å². The average Bonchev–Trinajstić information content (AvgIpc) is 2.24. The van der Waals surface area contributed by atoms with Gasteiger partial charge in [-0.1, -0.05) is 19.1 Å². The van der Waals surface area contributed by atoms with Crippen LogP contribution < -0.4 is 10.1 Å². The minimum absolute atomic E-state index is 0.0530. The molecule has 0 aromatic heterocycles. The van der Waals surface area contributed by atoms with Crippen molar-refractivity contribution < 1.29 is 9.84 Å². The maximum atomic E-state index is 8.60. The molecule has 3 nitrogen and oxygen atoms in total. The van der Waals surface area contributed by atoms with Crippen molar-refractivity contribution in [2.75, 3.05) is 19.8 Å². The Hall–Kier alpha value is -1.06. The molecular formula is C11H17NO2. The lowest BCUT2D eigenvalue weighted by molar-refractivity contribution is 0.201. The van der Waals surface area contributed by atoms with Gasteiger partial charge in [-0.15, -0.1) is 0 Å². The first-order chi connectivity index (χ1) is 6.86. The van der Waals surface area contributed by atoms with Crippen LogP contribution in [-0.2, 0) is 6.54 Å². The molecule has 1 rings (SSSR count). The summed E-state index contributed by atoms with van der Waals surface area (Å²) >= 11 is 0. The van der Waals surface area contributed by atoms with Crippen LogP contribution in [0.1, 0.15) is 12.5 Å². The molecule has 0 saturated heterocycles. The van der Waals surface area contributed by atoms with Crippen LogP contribution in [0.25, 0.3) is 0 Å². The molecule has 0 saturated carbocycles. The lowest BCUT2D eigenvalue weighted by Crippen LogP contribution is -2.11. The quantitative estimate of drug-likeness (QED) is 0.716. The molecule has 2 N–H and O–H groups in total. The summed E-state index contributed by atoms with van der Waals surface area (Å²) < 4.78 is 5.30. The van der Waals surface area contributed by atoms with E-state index in [9.17, 15) is 0 Å². The van der Waals surface area contributed by atoms with E-state index in [0.29, 0.717) is 6.61 Å². The zero-order chi connectivity index (χ0) is 10.2. The van der Waals surface area contributed by atoms with Crippen molar-refractivity contribution in [2.24, 2.45) is 0 Å². The molecule has 78 valence electrons. The Labute approximate surface area is 84.7 Å². The maximum absolute atomic E-state index is 8.60. The van der Waals surface area contributed by atoms with Crippen LogP contribution >= 0.6 is 0 Å². The Kier molecular flexibility index (Phi) is 5.04. The van der Waals surface area contributed by atoms with Gasteiger partial charge >= 0.3 is 0 Å². The third-order valence-corrected chi connectivity index (χ3v) is 1.84. The monoisotopic (exact) mass is 195 g/mol. The van der Waals surface area contributed by atoms with Gasteiger partial charge in [0.1, 0.15) is 12.4 Å². The molecule has 0 heterocycles.